The zero-order valence-electron chi connectivity index (χ0n) is 14.3. The lowest BCUT2D eigenvalue weighted by molar-refractivity contribution is -0.0140. The fraction of sp³-hybridized carbons (Fsp3) is 0.667. The van der Waals surface area contributed by atoms with Crippen LogP contribution in [0.4, 0.5) is 0 Å². The highest BCUT2D eigenvalue weighted by Gasteiger charge is 2.25. The Morgan fingerprint density at radius 3 is 1.95 bits per heavy atom. The van der Waals surface area contributed by atoms with Crippen molar-refractivity contribution in [3.05, 3.63) is 29.3 Å². The third kappa shape index (κ3) is 5.68. The van der Waals surface area contributed by atoms with Gasteiger partial charge < -0.3 is 14.6 Å². The van der Waals surface area contributed by atoms with Crippen molar-refractivity contribution in [1.29, 1.82) is 0 Å². The van der Waals surface area contributed by atoms with Gasteiger partial charge in [-0.05, 0) is 58.7 Å². The first-order chi connectivity index (χ1) is 9.71. The summed E-state index contributed by atoms with van der Waals surface area (Å²) in [6, 6.07) is 5.70. The molecule has 0 heterocycles. The maximum Gasteiger partial charge on any atom is 0.119 e. The van der Waals surface area contributed by atoms with Crippen LogP contribution in [-0.2, 0) is 22.3 Å². The van der Waals surface area contributed by atoms with Crippen molar-refractivity contribution in [2.75, 3.05) is 13.2 Å². The summed E-state index contributed by atoms with van der Waals surface area (Å²) in [7, 11) is 0. The van der Waals surface area contributed by atoms with Gasteiger partial charge in [0, 0.05) is 26.1 Å². The topological polar surface area (TPSA) is 38.7 Å². The molecule has 1 N–H and O–H groups in total. The second kappa shape index (κ2) is 7.28. The first-order valence-corrected chi connectivity index (χ1v) is 7.78. The molecule has 0 spiro atoms. The van der Waals surface area contributed by atoms with Crippen LogP contribution in [0.15, 0.2) is 18.2 Å². The minimum atomic E-state index is -0.294. The lowest BCUT2D eigenvalue weighted by atomic mass is 9.88. The monoisotopic (exact) mass is 294 g/mol. The Morgan fingerprint density at radius 1 is 0.905 bits per heavy atom. The summed E-state index contributed by atoms with van der Waals surface area (Å²) in [5.74, 6) is 0.340. The van der Waals surface area contributed by atoms with Crippen molar-refractivity contribution in [1.82, 2.24) is 0 Å². The predicted octanol–water partition coefficient (Wildman–Crippen LogP) is 4.11. The standard InChI is InChI=1S/C18H30O3/c1-7-20-17(3,4)12-14-10-9-11-16(19)15(14)13-18(5,6)21-8-2/h9-11,19H,7-8,12-13H2,1-6H3. The largest absolute Gasteiger partial charge is 0.508 e. The van der Waals surface area contributed by atoms with Crippen molar-refractivity contribution in [3.8, 4) is 5.75 Å². The Kier molecular flexibility index (Phi) is 6.24. The minimum Gasteiger partial charge on any atom is -0.508 e. The highest BCUT2D eigenvalue weighted by atomic mass is 16.5. The van der Waals surface area contributed by atoms with Crippen molar-refractivity contribution in [2.45, 2.75) is 65.6 Å². The molecule has 0 atom stereocenters. The lowest BCUT2D eigenvalue weighted by Gasteiger charge is -2.29. The van der Waals surface area contributed by atoms with Crippen LogP contribution in [0.1, 0.15) is 52.7 Å². The normalized spacial score (nSPS) is 12.7. The molecule has 0 amide bonds. The van der Waals surface area contributed by atoms with E-state index in [0.29, 0.717) is 25.4 Å². The summed E-state index contributed by atoms with van der Waals surface area (Å²) in [6.07, 6.45) is 1.46. The van der Waals surface area contributed by atoms with Gasteiger partial charge in [0.25, 0.3) is 0 Å². The average molecular weight is 294 g/mol. The Bertz CT molecular complexity index is 450. The van der Waals surface area contributed by atoms with Gasteiger partial charge in [0.1, 0.15) is 5.75 Å². The molecule has 0 fully saturated rings. The molecule has 1 aromatic carbocycles. The molecule has 0 saturated carbocycles. The van der Waals surface area contributed by atoms with Crippen LogP contribution in [0.2, 0.25) is 0 Å². The number of phenols is 1. The van der Waals surface area contributed by atoms with Crippen LogP contribution in [0, 0.1) is 0 Å². The number of rotatable bonds is 8. The van der Waals surface area contributed by atoms with Gasteiger partial charge in [-0.2, -0.15) is 0 Å². The maximum atomic E-state index is 10.3. The van der Waals surface area contributed by atoms with Crippen LogP contribution in [0.3, 0.4) is 0 Å². The lowest BCUT2D eigenvalue weighted by Crippen LogP contribution is -2.30. The van der Waals surface area contributed by atoms with E-state index in [-0.39, 0.29) is 11.2 Å². The molecule has 1 rings (SSSR count). The maximum absolute atomic E-state index is 10.3. The van der Waals surface area contributed by atoms with Crippen molar-refractivity contribution >= 4 is 0 Å². The zero-order chi connectivity index (χ0) is 16.1. The fourth-order valence-electron chi connectivity index (χ4n) is 2.76. The van der Waals surface area contributed by atoms with Crippen LogP contribution >= 0.6 is 0 Å². The van der Waals surface area contributed by atoms with Crippen molar-refractivity contribution in [2.24, 2.45) is 0 Å². The molecule has 3 nitrogen and oxygen atoms in total. The second-order valence-corrected chi connectivity index (χ2v) is 6.65. The third-order valence-electron chi connectivity index (χ3n) is 3.54. The smallest absolute Gasteiger partial charge is 0.119 e. The summed E-state index contributed by atoms with van der Waals surface area (Å²) in [6.45, 7) is 13.6. The van der Waals surface area contributed by atoms with Gasteiger partial charge in [-0.15, -0.1) is 0 Å². The molecule has 0 radical (unpaired) electrons. The van der Waals surface area contributed by atoms with Gasteiger partial charge in [-0.1, -0.05) is 12.1 Å². The van der Waals surface area contributed by atoms with Gasteiger partial charge in [-0.3, -0.25) is 0 Å². The van der Waals surface area contributed by atoms with E-state index in [1.54, 1.807) is 6.07 Å². The van der Waals surface area contributed by atoms with E-state index in [1.807, 2.05) is 19.9 Å². The quantitative estimate of drug-likeness (QED) is 0.784. The molecule has 21 heavy (non-hydrogen) atoms. The van der Waals surface area contributed by atoms with Crippen LogP contribution < -0.4 is 0 Å². The average Bonchev–Trinajstić information content (AvgIpc) is 2.33. The number of ether oxygens (including phenoxy) is 2. The third-order valence-corrected chi connectivity index (χ3v) is 3.54. The van der Waals surface area contributed by atoms with Gasteiger partial charge >= 0.3 is 0 Å². The summed E-state index contributed by atoms with van der Waals surface area (Å²) < 4.78 is 11.6. The number of hydrogen-bond donors (Lipinski definition) is 1. The second-order valence-electron chi connectivity index (χ2n) is 6.65. The first kappa shape index (κ1) is 18.0. The summed E-state index contributed by atoms with van der Waals surface area (Å²) in [5.41, 5.74) is 1.55. The van der Waals surface area contributed by atoms with Crippen LogP contribution in [-0.4, -0.2) is 29.5 Å². The van der Waals surface area contributed by atoms with E-state index < -0.39 is 0 Å². The first-order valence-electron chi connectivity index (χ1n) is 7.78. The highest BCUT2D eigenvalue weighted by Crippen LogP contribution is 2.30. The molecular formula is C18H30O3. The molecular weight excluding hydrogens is 264 g/mol. The number of hydrogen-bond acceptors (Lipinski definition) is 3. The van der Waals surface area contributed by atoms with Crippen molar-refractivity contribution < 1.29 is 14.6 Å². The van der Waals surface area contributed by atoms with Gasteiger partial charge in [0.05, 0.1) is 11.2 Å². The molecule has 0 saturated heterocycles. The molecule has 1 aromatic rings. The molecule has 0 aliphatic rings. The number of phenolic OH excluding ortho intramolecular Hbond substituents is 1. The number of aromatic hydroxyl groups is 1. The van der Waals surface area contributed by atoms with Gasteiger partial charge in [-0.25, -0.2) is 0 Å². The Hall–Kier alpha value is -1.06. The van der Waals surface area contributed by atoms with E-state index in [1.165, 1.54) is 0 Å². The van der Waals surface area contributed by atoms with Gasteiger partial charge in [0.15, 0.2) is 0 Å². The van der Waals surface area contributed by atoms with E-state index in [4.69, 9.17) is 9.47 Å². The fourth-order valence-corrected chi connectivity index (χ4v) is 2.76. The molecule has 3 heteroatoms. The van der Waals surface area contributed by atoms with E-state index in [0.717, 1.165) is 17.5 Å². The van der Waals surface area contributed by atoms with Crippen LogP contribution in [0.25, 0.3) is 0 Å². The van der Waals surface area contributed by atoms with E-state index >= 15 is 0 Å². The SMILES string of the molecule is CCOC(C)(C)Cc1cccc(O)c1CC(C)(C)OCC. The summed E-state index contributed by atoms with van der Waals surface area (Å²) >= 11 is 0. The molecule has 120 valence electrons. The van der Waals surface area contributed by atoms with Crippen molar-refractivity contribution in [3.63, 3.8) is 0 Å². The molecule has 0 unspecified atom stereocenters. The molecule has 0 aliphatic heterocycles. The zero-order valence-corrected chi connectivity index (χ0v) is 14.3. The van der Waals surface area contributed by atoms with Gasteiger partial charge in [0.2, 0.25) is 0 Å². The summed E-state index contributed by atoms with van der Waals surface area (Å²) in [4.78, 5) is 0. The Balaban J connectivity index is 3.03. The molecule has 0 aliphatic carbocycles. The van der Waals surface area contributed by atoms with Crippen LogP contribution in [0.5, 0.6) is 5.75 Å². The Labute approximate surface area is 129 Å². The van der Waals surface area contributed by atoms with E-state index in [9.17, 15) is 5.11 Å². The van der Waals surface area contributed by atoms with E-state index in [2.05, 4.69) is 33.8 Å². The minimum absolute atomic E-state index is 0.243. The highest BCUT2D eigenvalue weighted by molar-refractivity contribution is 5.41. The predicted molar refractivity (Wildman–Crippen MR) is 86.9 cm³/mol. The molecule has 0 aromatic heterocycles. The molecule has 0 bridgehead atoms. The summed E-state index contributed by atoms with van der Waals surface area (Å²) in [5, 5.41) is 10.3. The Morgan fingerprint density at radius 2 is 1.43 bits per heavy atom. The number of benzene rings is 1.